The number of aromatic nitrogens is 3. The molecule has 1 aromatic carbocycles. The third kappa shape index (κ3) is 4.40. The lowest BCUT2D eigenvalue weighted by Crippen LogP contribution is -2.30. The Hall–Kier alpha value is -2.41. The third-order valence-corrected chi connectivity index (χ3v) is 5.23. The first-order chi connectivity index (χ1) is 12.4. The molecule has 3 rings (SSSR count). The van der Waals surface area contributed by atoms with Crippen molar-refractivity contribution in [3.05, 3.63) is 40.1 Å². The molecule has 0 spiro atoms. The minimum Gasteiger partial charge on any atom is -0.342 e. The Bertz CT molecular complexity index is 896. The second-order valence-electron chi connectivity index (χ2n) is 6.97. The number of imidazole rings is 1. The molecule has 138 valence electrons. The molecule has 2 amide bonds. The molecule has 0 bridgehead atoms. The number of nitrogens with zero attached hydrogens (tertiary/aromatic N) is 2. The smallest absolute Gasteiger partial charge is 0.319 e. The molecule has 0 aliphatic rings. The van der Waals surface area contributed by atoms with Gasteiger partial charge in [0.25, 0.3) is 0 Å². The van der Waals surface area contributed by atoms with Crippen LogP contribution in [-0.2, 0) is 6.42 Å². The van der Waals surface area contributed by atoms with E-state index in [-0.39, 0.29) is 6.03 Å². The van der Waals surface area contributed by atoms with Gasteiger partial charge in [-0.25, -0.2) is 14.8 Å². The van der Waals surface area contributed by atoms with Crippen molar-refractivity contribution in [3.8, 4) is 0 Å². The van der Waals surface area contributed by atoms with E-state index in [1.165, 1.54) is 0 Å². The number of nitrogens with one attached hydrogen (secondary N) is 3. The number of carbonyl (C=O) groups is 1. The van der Waals surface area contributed by atoms with E-state index in [2.05, 4.69) is 58.7 Å². The summed E-state index contributed by atoms with van der Waals surface area (Å²) in [6, 6.07) is 5.47. The van der Waals surface area contributed by atoms with Gasteiger partial charge in [0.15, 0.2) is 0 Å². The van der Waals surface area contributed by atoms with Crippen molar-refractivity contribution in [2.75, 3.05) is 11.9 Å². The normalized spacial score (nSPS) is 11.5. The van der Waals surface area contributed by atoms with Gasteiger partial charge in [-0.3, -0.25) is 0 Å². The standard InChI is InChI=1S/C19H25N5OS/c1-11(2)17-23-15-6-5-13(9-16(15)24-17)22-19(25)20-8-7-14-10-26-18(21-14)12(3)4/h5-6,9-12H,7-8H2,1-4H3,(H,23,24)(H2,20,22,25). The van der Waals surface area contributed by atoms with E-state index in [1.807, 2.05) is 18.2 Å². The molecule has 6 nitrogen and oxygen atoms in total. The minimum absolute atomic E-state index is 0.215. The number of amides is 2. The van der Waals surface area contributed by atoms with E-state index < -0.39 is 0 Å². The SMILES string of the molecule is CC(C)c1nc2ccc(NC(=O)NCCc3csc(C(C)C)n3)cc2[nH]1. The second kappa shape index (κ2) is 7.86. The molecule has 0 aliphatic carbocycles. The maximum atomic E-state index is 12.1. The summed E-state index contributed by atoms with van der Waals surface area (Å²) in [6.45, 7) is 9.01. The van der Waals surface area contributed by atoms with Crippen molar-refractivity contribution in [1.82, 2.24) is 20.3 Å². The quantitative estimate of drug-likeness (QED) is 0.591. The lowest BCUT2D eigenvalue weighted by molar-refractivity contribution is 0.252. The number of rotatable bonds is 6. The highest BCUT2D eigenvalue weighted by molar-refractivity contribution is 7.09. The van der Waals surface area contributed by atoms with Crippen LogP contribution in [-0.4, -0.2) is 27.5 Å². The first-order valence-electron chi connectivity index (χ1n) is 8.91. The Morgan fingerprint density at radius 2 is 2.00 bits per heavy atom. The molecule has 0 unspecified atom stereocenters. The predicted molar refractivity (Wildman–Crippen MR) is 107 cm³/mol. The van der Waals surface area contributed by atoms with Crippen LogP contribution >= 0.6 is 11.3 Å². The molecule has 0 radical (unpaired) electrons. The van der Waals surface area contributed by atoms with Crippen LogP contribution in [0.4, 0.5) is 10.5 Å². The molecule has 0 fully saturated rings. The topological polar surface area (TPSA) is 82.7 Å². The van der Waals surface area contributed by atoms with Crippen molar-refractivity contribution < 1.29 is 4.79 Å². The van der Waals surface area contributed by atoms with E-state index >= 15 is 0 Å². The highest BCUT2D eigenvalue weighted by Gasteiger charge is 2.09. The maximum Gasteiger partial charge on any atom is 0.319 e. The van der Waals surface area contributed by atoms with Gasteiger partial charge in [-0.05, 0) is 18.2 Å². The minimum atomic E-state index is -0.215. The summed E-state index contributed by atoms with van der Waals surface area (Å²) in [6.07, 6.45) is 0.730. The van der Waals surface area contributed by atoms with Gasteiger partial charge in [-0.15, -0.1) is 11.3 Å². The Labute approximate surface area is 157 Å². The number of H-pyrrole nitrogens is 1. The number of hydrogen-bond acceptors (Lipinski definition) is 4. The molecular weight excluding hydrogens is 346 g/mol. The number of carbonyl (C=O) groups excluding carboxylic acids is 1. The zero-order valence-corrected chi connectivity index (χ0v) is 16.4. The Morgan fingerprint density at radius 1 is 1.19 bits per heavy atom. The molecular formula is C19H25N5OS. The van der Waals surface area contributed by atoms with Gasteiger partial charge in [0.2, 0.25) is 0 Å². The number of thiazole rings is 1. The highest BCUT2D eigenvalue weighted by atomic mass is 32.1. The van der Waals surface area contributed by atoms with Crippen molar-refractivity contribution >= 4 is 34.1 Å². The van der Waals surface area contributed by atoms with Crippen LogP contribution in [0.15, 0.2) is 23.6 Å². The molecule has 0 saturated carbocycles. The summed E-state index contributed by atoms with van der Waals surface area (Å²) in [5.41, 5.74) is 3.60. The Morgan fingerprint density at radius 3 is 2.69 bits per heavy atom. The van der Waals surface area contributed by atoms with Crippen LogP contribution in [0.5, 0.6) is 0 Å². The van der Waals surface area contributed by atoms with E-state index in [0.29, 0.717) is 18.4 Å². The van der Waals surface area contributed by atoms with Crippen LogP contribution in [0.3, 0.4) is 0 Å². The molecule has 2 aromatic heterocycles. The van der Waals surface area contributed by atoms with Gasteiger partial charge < -0.3 is 15.6 Å². The van der Waals surface area contributed by atoms with Crippen LogP contribution in [0, 0.1) is 0 Å². The fraction of sp³-hybridized carbons (Fsp3) is 0.421. The number of fused-ring (bicyclic) bond motifs is 1. The first-order valence-corrected chi connectivity index (χ1v) is 9.79. The fourth-order valence-corrected chi connectivity index (χ4v) is 3.43. The first kappa shape index (κ1) is 18.4. The van der Waals surface area contributed by atoms with Crippen molar-refractivity contribution in [2.24, 2.45) is 0 Å². The molecule has 0 aliphatic heterocycles. The lowest BCUT2D eigenvalue weighted by atomic mass is 10.2. The lowest BCUT2D eigenvalue weighted by Gasteiger charge is -2.07. The molecule has 3 aromatic rings. The van der Waals surface area contributed by atoms with Gasteiger partial charge in [-0.2, -0.15) is 0 Å². The van der Waals surface area contributed by atoms with Crippen LogP contribution in [0.25, 0.3) is 11.0 Å². The average molecular weight is 372 g/mol. The second-order valence-corrected chi connectivity index (χ2v) is 7.86. The summed E-state index contributed by atoms with van der Waals surface area (Å²) in [7, 11) is 0. The van der Waals surface area contributed by atoms with Gasteiger partial charge in [0.05, 0.1) is 21.7 Å². The van der Waals surface area contributed by atoms with Crippen molar-refractivity contribution in [3.63, 3.8) is 0 Å². The Kier molecular flexibility index (Phi) is 5.56. The number of hydrogen-bond donors (Lipinski definition) is 3. The fourth-order valence-electron chi connectivity index (χ4n) is 2.56. The van der Waals surface area contributed by atoms with E-state index in [0.717, 1.165) is 39.7 Å². The third-order valence-electron chi connectivity index (χ3n) is 4.04. The summed E-state index contributed by atoms with van der Waals surface area (Å²) >= 11 is 1.68. The van der Waals surface area contributed by atoms with Gasteiger partial charge in [0, 0.05) is 35.9 Å². The molecule has 7 heteroatoms. The number of urea groups is 1. The molecule has 0 saturated heterocycles. The molecule has 26 heavy (non-hydrogen) atoms. The van der Waals surface area contributed by atoms with Gasteiger partial charge in [-0.1, -0.05) is 27.7 Å². The van der Waals surface area contributed by atoms with Crippen molar-refractivity contribution in [1.29, 1.82) is 0 Å². The summed E-state index contributed by atoms with van der Waals surface area (Å²) in [5.74, 6) is 1.73. The van der Waals surface area contributed by atoms with E-state index in [4.69, 9.17) is 0 Å². The predicted octanol–water partition coefficient (Wildman–Crippen LogP) is 4.63. The summed E-state index contributed by atoms with van der Waals surface area (Å²) < 4.78 is 0. The molecule has 2 heterocycles. The number of aromatic amines is 1. The molecule has 3 N–H and O–H groups in total. The summed E-state index contributed by atoms with van der Waals surface area (Å²) in [4.78, 5) is 24.5. The van der Waals surface area contributed by atoms with Gasteiger partial charge >= 0.3 is 6.03 Å². The average Bonchev–Trinajstić information content (AvgIpc) is 3.21. The van der Waals surface area contributed by atoms with Crippen LogP contribution in [0.1, 0.15) is 56.1 Å². The highest BCUT2D eigenvalue weighted by Crippen LogP contribution is 2.21. The number of anilines is 1. The van der Waals surface area contributed by atoms with E-state index in [1.54, 1.807) is 11.3 Å². The van der Waals surface area contributed by atoms with Crippen LogP contribution in [0.2, 0.25) is 0 Å². The van der Waals surface area contributed by atoms with Crippen LogP contribution < -0.4 is 10.6 Å². The summed E-state index contributed by atoms with van der Waals surface area (Å²) in [5, 5.41) is 8.94. The Balaban J connectivity index is 1.53. The zero-order chi connectivity index (χ0) is 18.7. The molecule has 0 atom stereocenters. The van der Waals surface area contributed by atoms with Crippen molar-refractivity contribution in [2.45, 2.75) is 46.0 Å². The largest absolute Gasteiger partial charge is 0.342 e. The number of benzene rings is 1. The monoisotopic (exact) mass is 371 g/mol. The van der Waals surface area contributed by atoms with E-state index in [9.17, 15) is 4.79 Å². The van der Waals surface area contributed by atoms with Gasteiger partial charge in [0.1, 0.15) is 5.82 Å². The maximum absolute atomic E-state index is 12.1. The zero-order valence-electron chi connectivity index (χ0n) is 15.6.